The van der Waals surface area contributed by atoms with Gasteiger partial charge in [0.15, 0.2) is 0 Å². The minimum atomic E-state index is -4.09. The molecule has 4 aliphatic carbocycles. The lowest BCUT2D eigenvalue weighted by atomic mass is 9.43. The van der Waals surface area contributed by atoms with Crippen molar-refractivity contribution >= 4 is 22.0 Å². The highest BCUT2D eigenvalue weighted by atomic mass is 32.2. The number of nitrogens with one attached hydrogen (secondary N) is 1. The maximum atomic E-state index is 12.6. The first-order valence-electron chi connectivity index (χ1n) is 17.4. The second-order valence-electron chi connectivity index (χ2n) is 15.2. The molecule has 43 heavy (non-hydrogen) atoms. The maximum Gasteiger partial charge on any atom is 0.306 e. The van der Waals surface area contributed by atoms with Crippen LogP contribution in [0.2, 0.25) is 0 Å². The third-order valence-electron chi connectivity index (χ3n) is 12.8. The molecule has 3 N–H and O–H groups in total. The smallest absolute Gasteiger partial charge is 0.306 e. The largest absolute Gasteiger partial charge is 0.462 e. The number of hydrogen-bond donors (Lipinski definition) is 3. The zero-order valence-electron chi connectivity index (χ0n) is 27.2. The van der Waals surface area contributed by atoms with E-state index in [9.17, 15) is 23.1 Å². The number of carbonyl (C=O) groups excluding carboxylic acids is 2. The molecule has 4 rings (SSSR count). The van der Waals surface area contributed by atoms with Crippen molar-refractivity contribution in [2.45, 2.75) is 143 Å². The van der Waals surface area contributed by atoms with Gasteiger partial charge in [0, 0.05) is 19.4 Å². The molecule has 0 aromatic carbocycles. The van der Waals surface area contributed by atoms with Gasteiger partial charge in [0.05, 0.1) is 11.9 Å². The number of ether oxygens (including phenoxy) is 1. The summed E-state index contributed by atoms with van der Waals surface area (Å²) in [5.74, 6) is 2.06. The number of amides is 1. The van der Waals surface area contributed by atoms with Gasteiger partial charge in [-0.1, -0.05) is 53.4 Å². The Kier molecular flexibility index (Phi) is 11.7. The molecule has 8 nitrogen and oxygen atoms in total. The number of rotatable bonds is 14. The zero-order chi connectivity index (χ0) is 31.4. The van der Waals surface area contributed by atoms with Gasteiger partial charge in [0.25, 0.3) is 10.1 Å². The summed E-state index contributed by atoms with van der Waals surface area (Å²) in [6, 6.07) is 0. The van der Waals surface area contributed by atoms with Gasteiger partial charge in [0.1, 0.15) is 6.10 Å². The average molecular weight is 626 g/mol. The summed E-state index contributed by atoms with van der Waals surface area (Å²) in [5, 5.41) is 14.5. The maximum absolute atomic E-state index is 12.6. The summed E-state index contributed by atoms with van der Waals surface area (Å²) >= 11 is 0. The number of fused-ring (bicyclic) bond motifs is 5. The van der Waals surface area contributed by atoms with Crippen molar-refractivity contribution in [2.24, 2.45) is 46.3 Å². The van der Waals surface area contributed by atoms with Crippen LogP contribution in [0.25, 0.3) is 0 Å². The molecular formula is C34H59NO7S. The summed E-state index contributed by atoms with van der Waals surface area (Å²) in [5.41, 5.74) is 0.0210. The molecule has 9 heteroatoms. The topological polar surface area (TPSA) is 130 Å². The minimum Gasteiger partial charge on any atom is -0.462 e. The number of hydrogen-bond acceptors (Lipinski definition) is 6. The lowest BCUT2D eigenvalue weighted by molar-refractivity contribution is -0.181. The van der Waals surface area contributed by atoms with Crippen LogP contribution in [0.15, 0.2) is 0 Å². The molecule has 10 atom stereocenters. The highest BCUT2D eigenvalue weighted by molar-refractivity contribution is 7.85. The molecule has 4 fully saturated rings. The van der Waals surface area contributed by atoms with Crippen molar-refractivity contribution in [1.29, 1.82) is 0 Å². The molecule has 4 saturated carbocycles. The Morgan fingerprint density at radius 1 is 0.977 bits per heavy atom. The normalized spacial score (nSPS) is 38.0. The predicted octanol–water partition coefficient (Wildman–Crippen LogP) is 6.31. The van der Waals surface area contributed by atoms with E-state index in [2.05, 4.69) is 33.0 Å². The van der Waals surface area contributed by atoms with Crippen LogP contribution >= 0.6 is 0 Å². The lowest BCUT2D eigenvalue weighted by Gasteiger charge is -2.62. The highest BCUT2D eigenvalue weighted by Gasteiger charge is 2.63. The third kappa shape index (κ3) is 7.97. The molecule has 248 valence electrons. The minimum absolute atomic E-state index is 0.0238. The number of esters is 1. The third-order valence-corrected chi connectivity index (χ3v) is 13.5. The van der Waals surface area contributed by atoms with Crippen molar-refractivity contribution < 1.29 is 32.4 Å². The number of unbranched alkanes of at least 4 members (excludes halogenated alkanes) is 4. The van der Waals surface area contributed by atoms with E-state index in [4.69, 9.17) is 9.29 Å². The van der Waals surface area contributed by atoms with E-state index >= 15 is 0 Å². The summed E-state index contributed by atoms with van der Waals surface area (Å²) in [4.78, 5) is 24.9. The van der Waals surface area contributed by atoms with E-state index in [1.54, 1.807) is 0 Å². The van der Waals surface area contributed by atoms with Crippen molar-refractivity contribution in [3.63, 3.8) is 0 Å². The molecule has 0 heterocycles. The van der Waals surface area contributed by atoms with Crippen LogP contribution in [0.4, 0.5) is 0 Å². The molecular weight excluding hydrogens is 566 g/mol. The van der Waals surface area contributed by atoms with Gasteiger partial charge in [-0.3, -0.25) is 14.1 Å². The lowest BCUT2D eigenvalue weighted by Crippen LogP contribution is -2.59. The van der Waals surface area contributed by atoms with Gasteiger partial charge in [-0.05, 0) is 111 Å². The molecule has 0 aromatic rings. The first-order chi connectivity index (χ1) is 20.3. The molecule has 0 spiro atoms. The predicted molar refractivity (Wildman–Crippen MR) is 168 cm³/mol. The van der Waals surface area contributed by atoms with Crippen molar-refractivity contribution in [3.05, 3.63) is 0 Å². The van der Waals surface area contributed by atoms with E-state index in [0.717, 1.165) is 51.4 Å². The summed E-state index contributed by atoms with van der Waals surface area (Å²) in [6.07, 6.45) is 15.3. The molecule has 10 unspecified atom stereocenters. The van der Waals surface area contributed by atoms with Crippen LogP contribution in [0.5, 0.6) is 0 Å². The molecule has 0 aromatic heterocycles. The molecule has 0 bridgehead atoms. The number of aliphatic hydroxyl groups excluding tert-OH is 1. The van der Waals surface area contributed by atoms with Gasteiger partial charge in [-0.25, -0.2) is 0 Å². The monoisotopic (exact) mass is 625 g/mol. The summed E-state index contributed by atoms with van der Waals surface area (Å²) in [7, 11) is -4.09. The highest BCUT2D eigenvalue weighted by Crippen LogP contribution is 2.68. The fourth-order valence-corrected chi connectivity index (χ4v) is 10.7. The Labute approximate surface area is 260 Å². The average Bonchev–Trinajstić information content (AvgIpc) is 3.30. The van der Waals surface area contributed by atoms with E-state index in [0.29, 0.717) is 48.9 Å². The quantitative estimate of drug-likeness (QED) is 0.117. The van der Waals surface area contributed by atoms with Crippen molar-refractivity contribution in [3.8, 4) is 0 Å². The Bertz CT molecular complexity index is 1060. The zero-order valence-corrected chi connectivity index (χ0v) is 28.0. The van der Waals surface area contributed by atoms with Gasteiger partial charge < -0.3 is 15.2 Å². The second kappa shape index (κ2) is 14.5. The van der Waals surface area contributed by atoms with Crippen LogP contribution in [-0.2, 0) is 24.4 Å². The fourth-order valence-electron chi connectivity index (χ4n) is 10.3. The molecule has 1 amide bonds. The van der Waals surface area contributed by atoms with Gasteiger partial charge in [0.2, 0.25) is 5.91 Å². The van der Waals surface area contributed by atoms with Crippen LogP contribution < -0.4 is 5.32 Å². The second-order valence-corrected chi connectivity index (χ2v) is 16.7. The Hall–Kier alpha value is -1.19. The van der Waals surface area contributed by atoms with Crippen LogP contribution in [0.1, 0.15) is 130 Å². The summed E-state index contributed by atoms with van der Waals surface area (Å²) in [6.45, 7) is 9.09. The van der Waals surface area contributed by atoms with Crippen LogP contribution in [-0.4, -0.2) is 54.5 Å². The number of aliphatic hydroxyl groups is 1. The molecule has 4 aliphatic rings. The van der Waals surface area contributed by atoms with Crippen LogP contribution in [0.3, 0.4) is 0 Å². The van der Waals surface area contributed by atoms with Crippen molar-refractivity contribution in [1.82, 2.24) is 5.32 Å². The Morgan fingerprint density at radius 2 is 1.72 bits per heavy atom. The van der Waals surface area contributed by atoms with Gasteiger partial charge in [-0.15, -0.1) is 0 Å². The molecule has 0 aliphatic heterocycles. The number of carbonyl (C=O) groups is 2. The van der Waals surface area contributed by atoms with Gasteiger partial charge in [-0.2, -0.15) is 8.42 Å². The van der Waals surface area contributed by atoms with Crippen LogP contribution in [0, 0.1) is 46.3 Å². The Balaban J connectivity index is 1.31. The first-order valence-corrected chi connectivity index (χ1v) is 19.0. The van der Waals surface area contributed by atoms with E-state index in [-0.39, 0.29) is 47.4 Å². The van der Waals surface area contributed by atoms with Gasteiger partial charge >= 0.3 is 5.97 Å². The summed E-state index contributed by atoms with van der Waals surface area (Å²) < 4.78 is 36.7. The molecule has 0 radical (unpaired) electrons. The first kappa shape index (κ1) is 34.7. The Morgan fingerprint density at radius 3 is 2.44 bits per heavy atom. The standard InChI is InChI=1S/C34H59NO7S/c1-5-6-7-8-9-10-32(38)42-25-17-18-33(3)24(21-25)12-13-26-28-15-14-27(34(28,4)30(36)22-29(26)33)23(2)11-16-31(37)35-19-20-43(39,40)41/h23-30,36H,5-22H2,1-4H3,(H,35,37)(H,39,40,41). The van der Waals surface area contributed by atoms with E-state index < -0.39 is 15.9 Å². The van der Waals surface area contributed by atoms with E-state index in [1.807, 2.05) is 0 Å². The van der Waals surface area contributed by atoms with E-state index in [1.165, 1.54) is 32.1 Å². The van der Waals surface area contributed by atoms with Crippen molar-refractivity contribution in [2.75, 3.05) is 12.3 Å². The SMILES string of the molecule is CCCCCCCC(=O)OC1CCC2(C)C(CCC3C2CC(O)C2(C)C(C(C)CCC(=O)NCCS(=O)(=O)O)CCC32)C1. The molecule has 0 saturated heterocycles. The fraction of sp³-hybridized carbons (Fsp3) is 0.941.